The van der Waals surface area contributed by atoms with Gasteiger partial charge in [0, 0.05) is 21.4 Å². The summed E-state index contributed by atoms with van der Waals surface area (Å²) in [6.45, 7) is 5.46. The Labute approximate surface area is 205 Å². The summed E-state index contributed by atoms with van der Waals surface area (Å²) in [6, 6.07) is 14.8. The number of quaternary nitrogens is 1. The van der Waals surface area contributed by atoms with Crippen LogP contribution in [-0.4, -0.2) is 38.6 Å². The van der Waals surface area contributed by atoms with Gasteiger partial charge in [0.05, 0.1) is 17.9 Å². The third kappa shape index (κ3) is 9.63. The Balaban J connectivity index is 0.000000413. The van der Waals surface area contributed by atoms with Crippen molar-refractivity contribution in [1.82, 2.24) is 4.90 Å². The maximum Gasteiger partial charge on any atom is 0.0739 e. The Kier molecular flexibility index (Phi) is 14.4. The van der Waals surface area contributed by atoms with Crippen LogP contribution in [0.15, 0.2) is 52.3 Å². The molecule has 0 amide bonds. The second-order valence-corrected chi connectivity index (χ2v) is 9.63. The van der Waals surface area contributed by atoms with Crippen molar-refractivity contribution < 1.29 is 18.1 Å². The minimum atomic E-state index is 0. The first kappa shape index (κ1) is 28.1. The molecule has 3 N–H and O–H groups in total. The SMILES string of the molecule is CCCCCCCC[NH3+].CN(C)CCCN1c2ccccc2Sc2ccc(Cl)cc21.[Cl-]. The molecule has 0 unspecified atom stereocenters. The predicted octanol–water partition coefficient (Wildman–Crippen LogP) is 3.49. The van der Waals surface area contributed by atoms with Gasteiger partial charge in [-0.05, 0) is 70.2 Å². The fourth-order valence-corrected chi connectivity index (χ4v) is 4.79. The topological polar surface area (TPSA) is 34.1 Å². The molecule has 6 heteroatoms. The Morgan fingerprint density at radius 1 is 0.903 bits per heavy atom. The standard InChI is InChI=1S/C17H19ClN2S.C8H19N.ClH/c1-19(2)10-5-11-20-14-6-3-4-7-16(14)21-17-9-8-13(18)12-15(17)20;1-2-3-4-5-6-7-8-9;/h3-4,6-9,12H,5,10-11H2,1-2H3;2-9H2,1H3;1H. The summed E-state index contributed by atoms with van der Waals surface area (Å²) in [5, 5.41) is 0.798. The highest BCUT2D eigenvalue weighted by molar-refractivity contribution is 7.99. The third-order valence-electron chi connectivity index (χ3n) is 5.18. The average Bonchev–Trinajstić information content (AvgIpc) is 2.74. The first-order chi connectivity index (χ1) is 14.6. The smallest absolute Gasteiger partial charge is 0.0739 e. The Morgan fingerprint density at radius 3 is 2.29 bits per heavy atom. The van der Waals surface area contributed by atoms with Gasteiger partial charge in [0.2, 0.25) is 0 Å². The van der Waals surface area contributed by atoms with Crippen molar-refractivity contribution in [3.63, 3.8) is 0 Å². The summed E-state index contributed by atoms with van der Waals surface area (Å²) >= 11 is 8.03. The summed E-state index contributed by atoms with van der Waals surface area (Å²) in [5.41, 5.74) is 6.32. The number of hydrogen-bond donors (Lipinski definition) is 1. The Hall–Kier alpha value is -0.910. The molecule has 0 radical (unpaired) electrons. The number of hydrogen-bond acceptors (Lipinski definition) is 3. The van der Waals surface area contributed by atoms with E-state index in [1.54, 1.807) is 0 Å². The molecule has 0 bridgehead atoms. The molecular formula is C25H39Cl2N3S. The lowest BCUT2D eigenvalue weighted by molar-refractivity contribution is -0.368. The van der Waals surface area contributed by atoms with Gasteiger partial charge < -0.3 is 27.9 Å². The van der Waals surface area contributed by atoms with E-state index in [-0.39, 0.29) is 12.4 Å². The highest BCUT2D eigenvalue weighted by Gasteiger charge is 2.22. The van der Waals surface area contributed by atoms with E-state index in [0.717, 1.165) is 31.1 Å². The van der Waals surface area contributed by atoms with Crippen molar-refractivity contribution in [1.29, 1.82) is 0 Å². The predicted molar refractivity (Wildman–Crippen MR) is 133 cm³/mol. The lowest BCUT2D eigenvalue weighted by Gasteiger charge is -2.33. The summed E-state index contributed by atoms with van der Waals surface area (Å²) in [7, 11) is 4.23. The van der Waals surface area contributed by atoms with E-state index in [4.69, 9.17) is 11.6 Å². The fourth-order valence-electron chi connectivity index (χ4n) is 3.55. The summed E-state index contributed by atoms with van der Waals surface area (Å²) in [4.78, 5) is 7.22. The van der Waals surface area contributed by atoms with Gasteiger partial charge in [-0.15, -0.1) is 0 Å². The molecule has 0 saturated heterocycles. The number of fused-ring (bicyclic) bond motifs is 2. The van der Waals surface area contributed by atoms with Crippen LogP contribution in [0.2, 0.25) is 5.02 Å². The van der Waals surface area contributed by atoms with Crippen LogP contribution < -0.4 is 23.0 Å². The number of rotatable bonds is 10. The minimum absolute atomic E-state index is 0. The normalized spacial score (nSPS) is 11.9. The monoisotopic (exact) mass is 483 g/mol. The molecule has 1 heterocycles. The molecule has 1 aliphatic heterocycles. The van der Waals surface area contributed by atoms with Crippen molar-refractivity contribution in [2.45, 2.75) is 61.7 Å². The Bertz CT molecular complexity index is 749. The highest BCUT2D eigenvalue weighted by atomic mass is 35.5. The lowest BCUT2D eigenvalue weighted by Crippen LogP contribution is -3.00. The van der Waals surface area contributed by atoms with Crippen LogP contribution in [0.4, 0.5) is 11.4 Å². The van der Waals surface area contributed by atoms with E-state index in [1.165, 1.54) is 59.7 Å². The molecule has 0 aliphatic carbocycles. The second-order valence-electron chi connectivity index (χ2n) is 8.11. The third-order valence-corrected chi connectivity index (χ3v) is 6.54. The van der Waals surface area contributed by atoms with Crippen LogP contribution in [0.3, 0.4) is 0 Å². The van der Waals surface area contributed by atoms with Crippen molar-refractivity contribution in [3.8, 4) is 0 Å². The number of para-hydroxylation sites is 1. The molecule has 2 aromatic rings. The van der Waals surface area contributed by atoms with Crippen LogP contribution in [-0.2, 0) is 0 Å². The molecule has 3 nitrogen and oxygen atoms in total. The molecular weight excluding hydrogens is 445 g/mol. The summed E-state index contributed by atoms with van der Waals surface area (Å²) in [6.07, 6.45) is 9.45. The minimum Gasteiger partial charge on any atom is -1.00 e. The summed E-state index contributed by atoms with van der Waals surface area (Å²) < 4.78 is 0. The fraction of sp³-hybridized carbons (Fsp3) is 0.520. The van der Waals surface area contributed by atoms with Gasteiger partial charge >= 0.3 is 0 Å². The van der Waals surface area contributed by atoms with Crippen molar-refractivity contribution in [2.75, 3.05) is 38.6 Å². The Morgan fingerprint density at radius 2 is 1.58 bits per heavy atom. The molecule has 0 saturated carbocycles. The molecule has 174 valence electrons. The number of anilines is 2. The average molecular weight is 485 g/mol. The van der Waals surface area contributed by atoms with Gasteiger partial charge in [-0.1, -0.05) is 68.1 Å². The van der Waals surface area contributed by atoms with Crippen LogP contribution in [0, 0.1) is 0 Å². The lowest BCUT2D eigenvalue weighted by atomic mass is 10.1. The van der Waals surface area contributed by atoms with Gasteiger partial charge in [0.25, 0.3) is 0 Å². The number of unbranched alkanes of at least 4 members (excludes halogenated alkanes) is 5. The van der Waals surface area contributed by atoms with Crippen LogP contribution in [0.25, 0.3) is 0 Å². The second kappa shape index (κ2) is 15.8. The quantitative estimate of drug-likeness (QED) is 0.525. The maximum absolute atomic E-state index is 6.21. The van der Waals surface area contributed by atoms with Gasteiger partial charge in [-0.3, -0.25) is 0 Å². The molecule has 2 aromatic carbocycles. The molecule has 0 fully saturated rings. The number of halogens is 2. The molecule has 3 rings (SSSR count). The zero-order valence-corrected chi connectivity index (χ0v) is 21.7. The van der Waals surface area contributed by atoms with Gasteiger partial charge in [-0.25, -0.2) is 0 Å². The zero-order chi connectivity index (χ0) is 21.8. The van der Waals surface area contributed by atoms with Gasteiger partial charge in [0.1, 0.15) is 0 Å². The molecule has 1 aliphatic rings. The van der Waals surface area contributed by atoms with E-state index in [1.807, 2.05) is 17.8 Å². The van der Waals surface area contributed by atoms with Gasteiger partial charge in [0.15, 0.2) is 0 Å². The highest BCUT2D eigenvalue weighted by Crippen LogP contribution is 2.48. The van der Waals surface area contributed by atoms with Crippen LogP contribution >= 0.6 is 23.4 Å². The van der Waals surface area contributed by atoms with Crippen LogP contribution in [0.1, 0.15) is 51.9 Å². The first-order valence-corrected chi connectivity index (χ1v) is 12.5. The van der Waals surface area contributed by atoms with Gasteiger partial charge in [-0.2, -0.15) is 0 Å². The molecule has 0 spiro atoms. The van der Waals surface area contributed by atoms with Crippen molar-refractivity contribution >= 4 is 34.7 Å². The van der Waals surface area contributed by atoms with E-state index in [0.29, 0.717) is 0 Å². The van der Waals surface area contributed by atoms with E-state index in [9.17, 15) is 0 Å². The molecule has 0 aromatic heterocycles. The summed E-state index contributed by atoms with van der Waals surface area (Å²) in [5.74, 6) is 0. The maximum atomic E-state index is 6.21. The van der Waals surface area contributed by atoms with Crippen LogP contribution in [0.5, 0.6) is 0 Å². The van der Waals surface area contributed by atoms with Crippen molar-refractivity contribution in [2.24, 2.45) is 0 Å². The van der Waals surface area contributed by atoms with Crippen molar-refractivity contribution in [3.05, 3.63) is 47.5 Å². The number of nitrogens with zero attached hydrogens (tertiary/aromatic N) is 2. The largest absolute Gasteiger partial charge is 1.00 e. The number of benzene rings is 2. The van der Waals surface area contributed by atoms with E-state index in [2.05, 4.69) is 73.0 Å². The molecule has 31 heavy (non-hydrogen) atoms. The van der Waals surface area contributed by atoms with E-state index < -0.39 is 0 Å². The van der Waals surface area contributed by atoms with E-state index >= 15 is 0 Å². The first-order valence-electron chi connectivity index (χ1n) is 11.3. The zero-order valence-electron chi connectivity index (χ0n) is 19.4. The molecule has 0 atom stereocenters.